The summed E-state index contributed by atoms with van der Waals surface area (Å²) in [5.74, 6) is 0.661. The quantitative estimate of drug-likeness (QED) is 0.609. The van der Waals surface area contributed by atoms with E-state index in [1.165, 1.54) is 5.56 Å². The Kier molecular flexibility index (Phi) is 4.14. The highest BCUT2D eigenvalue weighted by molar-refractivity contribution is 6.07. The van der Waals surface area contributed by atoms with Crippen LogP contribution in [0.2, 0.25) is 0 Å². The van der Waals surface area contributed by atoms with E-state index in [4.69, 9.17) is 4.74 Å². The van der Waals surface area contributed by atoms with Gasteiger partial charge in [0, 0.05) is 5.56 Å². The summed E-state index contributed by atoms with van der Waals surface area (Å²) in [7, 11) is 1.59. The molecule has 2 aromatic carbocycles. The van der Waals surface area contributed by atoms with Crippen molar-refractivity contribution in [3.63, 3.8) is 0 Å². The lowest BCUT2D eigenvalue weighted by Crippen LogP contribution is -1.94. The van der Waals surface area contributed by atoms with Crippen molar-refractivity contribution >= 4 is 11.9 Å². The fraction of sp³-hybridized carbons (Fsp3) is 0.118. The van der Waals surface area contributed by atoms with Gasteiger partial charge in [0.25, 0.3) is 0 Å². The van der Waals surface area contributed by atoms with Crippen LogP contribution in [0.3, 0.4) is 0 Å². The van der Waals surface area contributed by atoms with Crippen LogP contribution >= 0.6 is 0 Å². The van der Waals surface area contributed by atoms with E-state index in [1.807, 2.05) is 49.4 Å². The molecule has 0 saturated carbocycles. The zero-order valence-electron chi connectivity index (χ0n) is 11.1. The zero-order chi connectivity index (χ0) is 13.7. The number of ketones is 1. The van der Waals surface area contributed by atoms with Gasteiger partial charge in [0.05, 0.1) is 7.11 Å². The van der Waals surface area contributed by atoms with Gasteiger partial charge in [0.1, 0.15) is 5.75 Å². The van der Waals surface area contributed by atoms with Crippen molar-refractivity contribution in [3.05, 3.63) is 71.3 Å². The molecule has 0 aromatic heterocycles. The first-order valence-corrected chi connectivity index (χ1v) is 6.12. The number of allylic oxidation sites excluding steroid dienone is 1. The van der Waals surface area contributed by atoms with Gasteiger partial charge in [-0.3, -0.25) is 4.79 Å². The number of carbonyl (C=O) groups is 1. The summed E-state index contributed by atoms with van der Waals surface area (Å²) in [6.07, 6.45) is 3.40. The van der Waals surface area contributed by atoms with Gasteiger partial charge < -0.3 is 4.74 Å². The van der Waals surface area contributed by atoms with Crippen molar-refractivity contribution in [3.8, 4) is 5.75 Å². The molecule has 2 rings (SSSR count). The molecule has 0 aliphatic rings. The van der Waals surface area contributed by atoms with E-state index in [1.54, 1.807) is 25.3 Å². The van der Waals surface area contributed by atoms with Crippen molar-refractivity contribution in [2.75, 3.05) is 7.11 Å². The lowest BCUT2D eigenvalue weighted by atomic mass is 10.1. The minimum Gasteiger partial charge on any atom is -0.497 e. The van der Waals surface area contributed by atoms with E-state index in [9.17, 15) is 4.79 Å². The largest absolute Gasteiger partial charge is 0.497 e. The zero-order valence-corrected chi connectivity index (χ0v) is 11.1. The van der Waals surface area contributed by atoms with Crippen LogP contribution in [0.15, 0.2) is 54.6 Å². The van der Waals surface area contributed by atoms with E-state index in [0.29, 0.717) is 11.3 Å². The average molecular weight is 252 g/mol. The van der Waals surface area contributed by atoms with Gasteiger partial charge >= 0.3 is 0 Å². The second-order valence-electron chi connectivity index (χ2n) is 4.34. The van der Waals surface area contributed by atoms with Crippen molar-refractivity contribution < 1.29 is 9.53 Å². The fourth-order valence-corrected chi connectivity index (χ4v) is 1.72. The molecule has 0 radical (unpaired) electrons. The van der Waals surface area contributed by atoms with Crippen LogP contribution in [0, 0.1) is 6.92 Å². The van der Waals surface area contributed by atoms with E-state index in [2.05, 4.69) is 0 Å². The van der Waals surface area contributed by atoms with E-state index in [0.717, 1.165) is 5.56 Å². The van der Waals surface area contributed by atoms with Gasteiger partial charge in [-0.1, -0.05) is 48.0 Å². The van der Waals surface area contributed by atoms with Crippen LogP contribution in [0.25, 0.3) is 6.08 Å². The molecule has 0 saturated heterocycles. The number of methoxy groups -OCH3 is 1. The van der Waals surface area contributed by atoms with Gasteiger partial charge in [0.2, 0.25) is 0 Å². The topological polar surface area (TPSA) is 26.3 Å². The van der Waals surface area contributed by atoms with Crippen LogP contribution in [0.5, 0.6) is 5.75 Å². The van der Waals surface area contributed by atoms with Crippen molar-refractivity contribution in [2.45, 2.75) is 6.92 Å². The van der Waals surface area contributed by atoms with E-state index in [-0.39, 0.29) is 5.78 Å². The molecule has 2 nitrogen and oxygen atoms in total. The number of hydrogen-bond acceptors (Lipinski definition) is 2. The van der Waals surface area contributed by atoms with Crippen molar-refractivity contribution in [2.24, 2.45) is 0 Å². The highest BCUT2D eigenvalue weighted by Gasteiger charge is 2.02. The molecule has 19 heavy (non-hydrogen) atoms. The molecular formula is C17H16O2. The van der Waals surface area contributed by atoms with Gasteiger partial charge in [-0.2, -0.15) is 0 Å². The average Bonchev–Trinajstić information content (AvgIpc) is 2.46. The van der Waals surface area contributed by atoms with Crippen LogP contribution in [0.1, 0.15) is 21.5 Å². The Labute approximate surface area is 113 Å². The molecule has 0 amide bonds. The first kappa shape index (κ1) is 13.1. The molecule has 0 fully saturated rings. The van der Waals surface area contributed by atoms with Gasteiger partial charge in [0.15, 0.2) is 5.78 Å². The van der Waals surface area contributed by atoms with Crippen LogP contribution < -0.4 is 4.74 Å². The third-order valence-electron chi connectivity index (χ3n) is 2.86. The van der Waals surface area contributed by atoms with Crippen LogP contribution in [-0.2, 0) is 0 Å². The SMILES string of the molecule is COc1cccc(C(=O)/C=C/c2ccc(C)cc2)c1. The standard InChI is InChI=1S/C17H16O2/c1-13-6-8-14(9-7-13)10-11-17(18)15-4-3-5-16(12-15)19-2/h3-12H,1-2H3/b11-10+. The summed E-state index contributed by atoms with van der Waals surface area (Å²) in [4.78, 5) is 12.0. The lowest BCUT2D eigenvalue weighted by molar-refractivity contribution is 0.104. The van der Waals surface area contributed by atoms with Crippen molar-refractivity contribution in [1.29, 1.82) is 0 Å². The van der Waals surface area contributed by atoms with Crippen molar-refractivity contribution in [1.82, 2.24) is 0 Å². The molecule has 0 heterocycles. The highest BCUT2D eigenvalue weighted by Crippen LogP contribution is 2.14. The predicted octanol–water partition coefficient (Wildman–Crippen LogP) is 3.90. The first-order valence-electron chi connectivity index (χ1n) is 6.12. The lowest BCUT2D eigenvalue weighted by Gasteiger charge is -2.01. The smallest absolute Gasteiger partial charge is 0.185 e. The minimum atomic E-state index is -0.0283. The number of carbonyl (C=O) groups excluding carboxylic acids is 1. The Bertz CT molecular complexity index is 595. The van der Waals surface area contributed by atoms with Gasteiger partial charge in [-0.25, -0.2) is 0 Å². The molecule has 0 aliphatic heterocycles. The highest BCUT2D eigenvalue weighted by atomic mass is 16.5. The minimum absolute atomic E-state index is 0.0283. The Hall–Kier alpha value is -2.35. The van der Waals surface area contributed by atoms with E-state index < -0.39 is 0 Å². The Balaban J connectivity index is 2.13. The molecule has 0 bridgehead atoms. The summed E-state index contributed by atoms with van der Waals surface area (Å²) in [6, 6.07) is 15.2. The molecule has 0 atom stereocenters. The maximum Gasteiger partial charge on any atom is 0.185 e. The fourth-order valence-electron chi connectivity index (χ4n) is 1.72. The summed E-state index contributed by atoms with van der Waals surface area (Å²) < 4.78 is 5.10. The predicted molar refractivity (Wildman–Crippen MR) is 77.5 cm³/mol. The maximum atomic E-state index is 12.0. The van der Waals surface area contributed by atoms with Crippen LogP contribution in [-0.4, -0.2) is 12.9 Å². The second-order valence-corrected chi connectivity index (χ2v) is 4.34. The molecule has 96 valence electrons. The monoisotopic (exact) mass is 252 g/mol. The molecule has 0 spiro atoms. The Morgan fingerprint density at radius 3 is 2.53 bits per heavy atom. The second kappa shape index (κ2) is 6.01. The number of hydrogen-bond donors (Lipinski definition) is 0. The molecule has 0 unspecified atom stereocenters. The summed E-state index contributed by atoms with van der Waals surface area (Å²) in [5, 5.41) is 0. The first-order chi connectivity index (χ1) is 9.19. The number of benzene rings is 2. The molecule has 2 heteroatoms. The molecule has 0 N–H and O–H groups in total. The number of rotatable bonds is 4. The van der Waals surface area contributed by atoms with Gasteiger partial charge in [-0.15, -0.1) is 0 Å². The third-order valence-corrected chi connectivity index (χ3v) is 2.86. The molecular weight excluding hydrogens is 236 g/mol. The summed E-state index contributed by atoms with van der Waals surface area (Å²) >= 11 is 0. The third kappa shape index (κ3) is 3.55. The number of ether oxygens (including phenoxy) is 1. The van der Waals surface area contributed by atoms with Gasteiger partial charge in [-0.05, 0) is 30.7 Å². The summed E-state index contributed by atoms with van der Waals surface area (Å²) in [5.41, 5.74) is 2.85. The Morgan fingerprint density at radius 1 is 1.11 bits per heavy atom. The molecule has 2 aromatic rings. The maximum absolute atomic E-state index is 12.0. The summed E-state index contributed by atoms with van der Waals surface area (Å²) in [6.45, 7) is 2.04. The molecule has 0 aliphatic carbocycles. The van der Waals surface area contributed by atoms with E-state index >= 15 is 0 Å². The Morgan fingerprint density at radius 2 is 1.84 bits per heavy atom. The normalized spacial score (nSPS) is 10.6. The van der Waals surface area contributed by atoms with Crippen LogP contribution in [0.4, 0.5) is 0 Å². The number of aryl methyl sites for hydroxylation is 1.